The van der Waals surface area contributed by atoms with E-state index < -0.39 is 5.63 Å². The third kappa shape index (κ3) is 2.20. The lowest BCUT2D eigenvalue weighted by atomic mass is 10.1. The van der Waals surface area contributed by atoms with Crippen molar-refractivity contribution in [1.29, 1.82) is 0 Å². The Morgan fingerprint density at radius 2 is 1.79 bits per heavy atom. The van der Waals surface area contributed by atoms with Crippen molar-refractivity contribution in [2.24, 2.45) is 0 Å². The van der Waals surface area contributed by atoms with Gasteiger partial charge in [0.15, 0.2) is 0 Å². The van der Waals surface area contributed by atoms with Crippen molar-refractivity contribution in [3.63, 3.8) is 0 Å². The van der Waals surface area contributed by atoms with Crippen molar-refractivity contribution in [3.8, 4) is 11.5 Å². The Balaban J connectivity index is 2.07. The molecular weight excluding hydrogens is 242 g/mol. The summed E-state index contributed by atoms with van der Waals surface area (Å²) in [4.78, 5) is 11.5. The van der Waals surface area contributed by atoms with Gasteiger partial charge in [0.2, 0.25) is 0 Å². The van der Waals surface area contributed by atoms with Crippen LogP contribution in [0, 0.1) is 6.92 Å². The summed E-state index contributed by atoms with van der Waals surface area (Å²) >= 11 is 0. The fourth-order valence-corrected chi connectivity index (χ4v) is 1.90. The van der Waals surface area contributed by atoms with Gasteiger partial charge in [0.05, 0.1) is 11.1 Å². The Morgan fingerprint density at radius 3 is 2.58 bits per heavy atom. The van der Waals surface area contributed by atoms with Gasteiger partial charge in [-0.1, -0.05) is 23.4 Å². The smallest absolute Gasteiger partial charge is 0.366 e. The maximum Gasteiger partial charge on any atom is 0.366 e. The first kappa shape index (κ1) is 11.5. The topological polar surface area (TPSA) is 52.3 Å². The molecular formula is C15H11NO3. The number of hydrogen-bond acceptors (Lipinski definition) is 4. The summed E-state index contributed by atoms with van der Waals surface area (Å²) in [5.74, 6) is 1.41. The van der Waals surface area contributed by atoms with E-state index in [1.165, 1.54) is 0 Å². The van der Waals surface area contributed by atoms with Gasteiger partial charge in [0.1, 0.15) is 11.5 Å². The molecule has 0 fully saturated rings. The average molecular weight is 253 g/mol. The Morgan fingerprint density at radius 1 is 1.00 bits per heavy atom. The second-order valence-electron chi connectivity index (χ2n) is 4.18. The van der Waals surface area contributed by atoms with E-state index in [4.69, 9.17) is 4.74 Å². The maximum absolute atomic E-state index is 11.5. The minimum Gasteiger partial charge on any atom is -0.457 e. The number of hydrogen-bond donors (Lipinski definition) is 0. The highest BCUT2D eigenvalue weighted by atomic mass is 16.5. The van der Waals surface area contributed by atoms with Gasteiger partial charge in [-0.3, -0.25) is 0 Å². The largest absolute Gasteiger partial charge is 0.457 e. The molecule has 0 N–H and O–H groups in total. The molecule has 0 aliphatic carbocycles. The molecule has 0 spiro atoms. The molecule has 1 heterocycles. The monoisotopic (exact) mass is 253 g/mol. The summed E-state index contributed by atoms with van der Waals surface area (Å²) in [6.45, 7) is 1.79. The van der Waals surface area contributed by atoms with E-state index in [2.05, 4.69) is 9.68 Å². The lowest BCUT2D eigenvalue weighted by Crippen LogP contribution is -2.02. The van der Waals surface area contributed by atoms with E-state index in [9.17, 15) is 4.79 Å². The first-order valence-electron chi connectivity index (χ1n) is 5.87. The molecule has 0 saturated heterocycles. The SMILES string of the molecule is Cc1noc(=O)c2ccc(Oc3ccccc3)cc12. The van der Waals surface area contributed by atoms with Gasteiger partial charge in [-0.25, -0.2) is 4.79 Å². The van der Waals surface area contributed by atoms with Crippen molar-refractivity contribution in [2.45, 2.75) is 6.92 Å². The van der Waals surface area contributed by atoms with Crippen molar-refractivity contribution in [2.75, 3.05) is 0 Å². The second kappa shape index (κ2) is 4.57. The predicted molar refractivity (Wildman–Crippen MR) is 71.5 cm³/mol. The molecule has 1 aromatic heterocycles. The normalized spacial score (nSPS) is 10.6. The zero-order valence-electron chi connectivity index (χ0n) is 10.3. The molecule has 0 unspecified atom stereocenters. The van der Waals surface area contributed by atoms with E-state index in [1.54, 1.807) is 25.1 Å². The molecule has 4 heteroatoms. The summed E-state index contributed by atoms with van der Waals surface area (Å²) in [6, 6.07) is 14.7. The van der Waals surface area contributed by atoms with Crippen molar-refractivity contribution < 1.29 is 9.26 Å². The highest BCUT2D eigenvalue weighted by Crippen LogP contribution is 2.25. The summed E-state index contributed by atoms with van der Waals surface area (Å²) in [5, 5.41) is 4.96. The molecule has 0 saturated carbocycles. The van der Waals surface area contributed by atoms with Crippen LogP contribution in [0.2, 0.25) is 0 Å². The Hall–Kier alpha value is -2.62. The molecule has 0 amide bonds. The highest BCUT2D eigenvalue weighted by molar-refractivity contribution is 5.84. The Bertz CT molecular complexity index is 778. The number of para-hydroxylation sites is 1. The molecule has 94 valence electrons. The molecule has 3 aromatic rings. The summed E-state index contributed by atoms with van der Waals surface area (Å²) in [5.41, 5.74) is 0.222. The summed E-state index contributed by atoms with van der Waals surface area (Å²) in [6.07, 6.45) is 0. The van der Waals surface area contributed by atoms with Crippen LogP contribution in [0.1, 0.15) is 5.69 Å². The molecule has 2 aromatic carbocycles. The van der Waals surface area contributed by atoms with Gasteiger partial charge in [-0.15, -0.1) is 0 Å². The number of benzene rings is 2. The fourth-order valence-electron chi connectivity index (χ4n) is 1.90. The number of aromatic nitrogens is 1. The number of rotatable bonds is 2. The lowest BCUT2D eigenvalue weighted by molar-refractivity contribution is 0.370. The molecule has 4 nitrogen and oxygen atoms in total. The standard InChI is InChI=1S/C15H11NO3/c1-10-14-9-12(18-11-5-3-2-4-6-11)7-8-13(14)15(17)19-16-10/h2-9H,1H3. The summed E-state index contributed by atoms with van der Waals surface area (Å²) < 4.78 is 10.4. The molecule has 0 bridgehead atoms. The molecule has 0 aliphatic rings. The first-order valence-corrected chi connectivity index (χ1v) is 5.87. The Kier molecular flexibility index (Phi) is 2.76. The second-order valence-corrected chi connectivity index (χ2v) is 4.18. The van der Waals surface area contributed by atoms with Gasteiger partial charge >= 0.3 is 5.63 Å². The number of aryl methyl sites for hydroxylation is 1. The van der Waals surface area contributed by atoms with Crippen LogP contribution in [-0.2, 0) is 0 Å². The van der Waals surface area contributed by atoms with Gasteiger partial charge in [-0.2, -0.15) is 0 Å². The number of fused-ring (bicyclic) bond motifs is 1. The van der Waals surface area contributed by atoms with Crippen molar-refractivity contribution in [3.05, 3.63) is 64.6 Å². The van der Waals surface area contributed by atoms with E-state index in [0.717, 1.165) is 11.1 Å². The third-order valence-corrected chi connectivity index (χ3v) is 2.85. The van der Waals surface area contributed by atoms with Crippen LogP contribution in [-0.4, -0.2) is 5.16 Å². The lowest BCUT2D eigenvalue weighted by Gasteiger charge is -2.06. The van der Waals surface area contributed by atoms with Crippen LogP contribution in [0.25, 0.3) is 10.8 Å². The molecule has 0 atom stereocenters. The van der Waals surface area contributed by atoms with Gasteiger partial charge in [0, 0.05) is 5.39 Å². The minimum absolute atomic E-state index is 0.438. The zero-order valence-corrected chi connectivity index (χ0v) is 10.3. The van der Waals surface area contributed by atoms with Crippen molar-refractivity contribution >= 4 is 10.8 Å². The predicted octanol–water partition coefficient (Wildman–Crippen LogP) is 3.29. The molecule has 19 heavy (non-hydrogen) atoms. The molecule has 3 rings (SSSR count). The molecule has 0 radical (unpaired) electrons. The Labute approximate surface area is 109 Å². The van der Waals surface area contributed by atoms with E-state index in [1.807, 2.05) is 30.3 Å². The molecule has 0 aliphatic heterocycles. The highest BCUT2D eigenvalue weighted by Gasteiger charge is 2.07. The maximum atomic E-state index is 11.5. The fraction of sp³-hybridized carbons (Fsp3) is 0.0667. The van der Waals surface area contributed by atoms with Crippen molar-refractivity contribution in [1.82, 2.24) is 5.16 Å². The van der Waals surface area contributed by atoms with Crippen LogP contribution in [0.3, 0.4) is 0 Å². The zero-order chi connectivity index (χ0) is 13.2. The van der Waals surface area contributed by atoms with Gasteiger partial charge in [-0.05, 0) is 37.3 Å². The average Bonchev–Trinajstić information content (AvgIpc) is 2.44. The van der Waals surface area contributed by atoms with E-state index in [0.29, 0.717) is 16.8 Å². The van der Waals surface area contributed by atoms with Gasteiger partial charge in [0.25, 0.3) is 0 Å². The number of nitrogens with zero attached hydrogens (tertiary/aromatic N) is 1. The van der Waals surface area contributed by atoms with Gasteiger partial charge < -0.3 is 9.26 Å². The van der Waals surface area contributed by atoms with Crippen LogP contribution >= 0.6 is 0 Å². The van der Waals surface area contributed by atoms with Crippen LogP contribution < -0.4 is 10.4 Å². The number of ether oxygens (including phenoxy) is 1. The van der Waals surface area contributed by atoms with Crippen LogP contribution in [0.15, 0.2) is 57.8 Å². The summed E-state index contributed by atoms with van der Waals surface area (Å²) in [7, 11) is 0. The first-order chi connectivity index (χ1) is 9.24. The quantitative estimate of drug-likeness (QED) is 0.703. The van der Waals surface area contributed by atoms with Crippen LogP contribution in [0.5, 0.6) is 11.5 Å². The third-order valence-electron chi connectivity index (χ3n) is 2.85. The van der Waals surface area contributed by atoms with E-state index >= 15 is 0 Å². The van der Waals surface area contributed by atoms with Crippen LogP contribution in [0.4, 0.5) is 0 Å². The van der Waals surface area contributed by atoms with E-state index in [-0.39, 0.29) is 0 Å². The minimum atomic E-state index is -0.438.